The molecule has 0 aliphatic heterocycles. The van der Waals surface area contributed by atoms with Crippen molar-refractivity contribution < 1.29 is 4.42 Å². The van der Waals surface area contributed by atoms with Crippen LogP contribution in [-0.4, -0.2) is 0 Å². The molecule has 0 fully saturated rings. The maximum Gasteiger partial charge on any atom is 0.136 e. The van der Waals surface area contributed by atoms with Gasteiger partial charge in [0.2, 0.25) is 0 Å². The Hall–Kier alpha value is -5.92. The molecule has 0 bridgehead atoms. The second-order valence-electron chi connectivity index (χ2n) is 12.7. The first kappa shape index (κ1) is 26.3. The lowest BCUT2D eigenvalue weighted by Gasteiger charge is -2.20. The van der Waals surface area contributed by atoms with E-state index >= 15 is 0 Å². The Kier molecular flexibility index (Phi) is 5.77. The van der Waals surface area contributed by atoms with E-state index in [1.807, 2.05) is 0 Å². The number of allylic oxidation sites excluding steroid dienone is 1. The minimum absolute atomic E-state index is 0.933. The molecule has 0 N–H and O–H groups in total. The van der Waals surface area contributed by atoms with Crippen LogP contribution < -0.4 is 0 Å². The molecule has 8 aromatic carbocycles. The van der Waals surface area contributed by atoms with E-state index in [0.29, 0.717) is 0 Å². The monoisotopic (exact) mass is 598 g/mol. The summed E-state index contributed by atoms with van der Waals surface area (Å²) in [6.07, 6.45) is 6.65. The van der Waals surface area contributed by atoms with E-state index in [4.69, 9.17) is 4.42 Å². The first-order valence-electron chi connectivity index (χ1n) is 16.5. The zero-order valence-corrected chi connectivity index (χ0v) is 25.8. The van der Waals surface area contributed by atoms with Gasteiger partial charge in [0.05, 0.1) is 0 Å². The second kappa shape index (κ2) is 10.3. The third-order valence-electron chi connectivity index (χ3n) is 10.1. The van der Waals surface area contributed by atoms with Crippen LogP contribution in [0.5, 0.6) is 0 Å². The molecule has 0 spiro atoms. The van der Waals surface area contributed by atoms with E-state index in [9.17, 15) is 0 Å². The molecular formula is C46H30O. The van der Waals surface area contributed by atoms with Crippen molar-refractivity contribution in [2.45, 2.75) is 12.8 Å². The molecule has 1 aliphatic carbocycles. The standard InChI is InChI=1S/C46H30O/c1-2-13-29(14-3-1)33-25-32-17-6-7-18-34(32)40(27-33)45-37-21-10-8-19-35(37)44(36-20-9-11-22-38(36)45)39-23-12-24-42-46(39)41-26-30-15-4-5-16-31(30)28-43(41)47-42/h1-3,5-14,16-28H,4,15H2. The van der Waals surface area contributed by atoms with Crippen LogP contribution in [-0.2, 0) is 6.42 Å². The van der Waals surface area contributed by atoms with Crippen molar-refractivity contribution in [1.82, 2.24) is 0 Å². The van der Waals surface area contributed by atoms with E-state index < -0.39 is 0 Å². The summed E-state index contributed by atoms with van der Waals surface area (Å²) in [5.74, 6) is 0. The van der Waals surface area contributed by atoms with Crippen molar-refractivity contribution in [3.05, 3.63) is 163 Å². The van der Waals surface area contributed by atoms with Gasteiger partial charge in [-0.3, -0.25) is 0 Å². The topological polar surface area (TPSA) is 13.1 Å². The van der Waals surface area contributed by atoms with Crippen LogP contribution >= 0.6 is 0 Å². The van der Waals surface area contributed by atoms with Gasteiger partial charge in [-0.2, -0.15) is 0 Å². The number of benzene rings is 8. The summed E-state index contributed by atoms with van der Waals surface area (Å²) in [7, 11) is 0. The Labute approximate surface area is 273 Å². The molecule has 0 radical (unpaired) electrons. The molecular weight excluding hydrogens is 569 g/mol. The number of aryl methyl sites for hydroxylation is 1. The molecule has 1 aromatic heterocycles. The molecule has 9 aromatic rings. The highest BCUT2D eigenvalue weighted by atomic mass is 16.3. The van der Waals surface area contributed by atoms with Crippen LogP contribution in [0.4, 0.5) is 0 Å². The quantitative estimate of drug-likeness (QED) is 0.184. The predicted molar refractivity (Wildman–Crippen MR) is 200 cm³/mol. The molecule has 1 heterocycles. The molecule has 0 saturated heterocycles. The highest BCUT2D eigenvalue weighted by molar-refractivity contribution is 6.27. The highest BCUT2D eigenvalue weighted by Crippen LogP contribution is 2.48. The molecule has 0 saturated carbocycles. The number of hydrogen-bond donors (Lipinski definition) is 0. The van der Waals surface area contributed by atoms with E-state index in [1.54, 1.807) is 0 Å². The molecule has 0 unspecified atom stereocenters. The van der Waals surface area contributed by atoms with Crippen molar-refractivity contribution in [1.29, 1.82) is 0 Å². The first-order chi connectivity index (χ1) is 23.3. The van der Waals surface area contributed by atoms with Crippen LogP contribution in [0.15, 0.2) is 156 Å². The SMILES string of the molecule is C1=Cc2cc3oc4cccc(-c5c6ccccc6c(-c6cc(-c7ccccc7)cc7ccccc67)c6ccccc56)c4c3cc2CC1. The van der Waals surface area contributed by atoms with Gasteiger partial charge in [-0.05, 0) is 120 Å². The summed E-state index contributed by atoms with van der Waals surface area (Å²) in [6, 6.07) is 53.4. The Bertz CT molecular complexity index is 2670. The molecule has 1 heteroatoms. The largest absolute Gasteiger partial charge is 0.456 e. The number of rotatable bonds is 3. The fourth-order valence-corrected chi connectivity index (χ4v) is 7.99. The number of fused-ring (bicyclic) bond motifs is 7. The third-order valence-corrected chi connectivity index (χ3v) is 10.1. The lowest BCUT2D eigenvalue weighted by atomic mass is 9.83. The summed E-state index contributed by atoms with van der Waals surface area (Å²) < 4.78 is 6.57. The third kappa shape index (κ3) is 4.03. The Morgan fingerprint density at radius 2 is 1.11 bits per heavy atom. The number of furan rings is 1. The van der Waals surface area contributed by atoms with Gasteiger partial charge in [-0.1, -0.05) is 127 Å². The molecule has 0 atom stereocenters. The van der Waals surface area contributed by atoms with Gasteiger partial charge in [0.1, 0.15) is 11.2 Å². The van der Waals surface area contributed by atoms with Crippen LogP contribution in [0.25, 0.3) is 93.7 Å². The van der Waals surface area contributed by atoms with Gasteiger partial charge in [-0.15, -0.1) is 0 Å². The van der Waals surface area contributed by atoms with Gasteiger partial charge in [0.15, 0.2) is 0 Å². The zero-order chi connectivity index (χ0) is 30.9. The van der Waals surface area contributed by atoms with Crippen LogP contribution in [0.1, 0.15) is 17.5 Å². The lowest BCUT2D eigenvalue weighted by molar-refractivity contribution is 0.668. The van der Waals surface area contributed by atoms with Gasteiger partial charge < -0.3 is 4.42 Å². The van der Waals surface area contributed by atoms with Crippen molar-refractivity contribution in [3.63, 3.8) is 0 Å². The zero-order valence-electron chi connectivity index (χ0n) is 25.8. The summed E-state index contributed by atoms with van der Waals surface area (Å²) in [4.78, 5) is 0. The van der Waals surface area contributed by atoms with Crippen molar-refractivity contribution in [2.24, 2.45) is 0 Å². The second-order valence-corrected chi connectivity index (χ2v) is 12.7. The van der Waals surface area contributed by atoms with E-state index in [1.165, 1.54) is 87.6 Å². The average molecular weight is 599 g/mol. The molecule has 10 rings (SSSR count). The number of hydrogen-bond acceptors (Lipinski definition) is 1. The predicted octanol–water partition coefficient (Wildman–Crippen LogP) is 13.0. The van der Waals surface area contributed by atoms with Crippen molar-refractivity contribution in [3.8, 4) is 33.4 Å². The minimum atomic E-state index is 0.933. The average Bonchev–Trinajstić information content (AvgIpc) is 3.50. The van der Waals surface area contributed by atoms with E-state index in [0.717, 1.165) is 24.0 Å². The smallest absolute Gasteiger partial charge is 0.136 e. The Morgan fingerprint density at radius 1 is 0.447 bits per heavy atom. The van der Waals surface area contributed by atoms with Crippen LogP contribution in [0, 0.1) is 0 Å². The maximum atomic E-state index is 6.57. The van der Waals surface area contributed by atoms with Crippen LogP contribution in [0.2, 0.25) is 0 Å². The lowest BCUT2D eigenvalue weighted by Crippen LogP contribution is -1.94. The fourth-order valence-electron chi connectivity index (χ4n) is 7.99. The van der Waals surface area contributed by atoms with Gasteiger partial charge in [0, 0.05) is 10.8 Å². The normalized spacial score (nSPS) is 12.9. The highest BCUT2D eigenvalue weighted by Gasteiger charge is 2.22. The Balaban J connectivity index is 1.34. The summed E-state index contributed by atoms with van der Waals surface area (Å²) >= 11 is 0. The molecule has 47 heavy (non-hydrogen) atoms. The molecule has 1 nitrogen and oxygen atoms in total. The van der Waals surface area contributed by atoms with Crippen molar-refractivity contribution >= 4 is 60.3 Å². The fraction of sp³-hybridized carbons (Fsp3) is 0.0435. The molecule has 0 amide bonds. The van der Waals surface area contributed by atoms with Gasteiger partial charge in [0.25, 0.3) is 0 Å². The summed E-state index contributed by atoms with van der Waals surface area (Å²) in [5, 5.41) is 9.90. The Morgan fingerprint density at radius 3 is 1.85 bits per heavy atom. The van der Waals surface area contributed by atoms with Crippen molar-refractivity contribution in [2.75, 3.05) is 0 Å². The maximum absolute atomic E-state index is 6.57. The van der Waals surface area contributed by atoms with E-state index in [-0.39, 0.29) is 0 Å². The molecule has 1 aliphatic rings. The van der Waals surface area contributed by atoms with E-state index in [2.05, 4.69) is 158 Å². The minimum Gasteiger partial charge on any atom is -0.456 e. The van der Waals surface area contributed by atoms with Gasteiger partial charge in [-0.25, -0.2) is 0 Å². The first-order valence-corrected chi connectivity index (χ1v) is 16.5. The van der Waals surface area contributed by atoms with Gasteiger partial charge >= 0.3 is 0 Å². The summed E-state index contributed by atoms with van der Waals surface area (Å²) in [5.41, 5.74) is 12.0. The molecule has 220 valence electrons. The summed E-state index contributed by atoms with van der Waals surface area (Å²) in [6.45, 7) is 0. The van der Waals surface area contributed by atoms with Crippen LogP contribution in [0.3, 0.4) is 0 Å².